The average Bonchev–Trinajstić information content (AvgIpc) is 3.67. The molecule has 58 heavy (non-hydrogen) atoms. The Bertz CT molecular complexity index is 3290. The van der Waals surface area contributed by atoms with Gasteiger partial charge in [0.05, 0.1) is 11.4 Å². The molecule has 0 saturated heterocycles. The lowest BCUT2D eigenvalue weighted by Gasteiger charge is -2.30. The smallest absolute Gasteiger partial charge is 0.0540 e. The van der Waals surface area contributed by atoms with Gasteiger partial charge in [-0.2, -0.15) is 0 Å². The lowest BCUT2D eigenvalue weighted by atomic mass is 9.91. The van der Waals surface area contributed by atoms with E-state index in [2.05, 4.69) is 229 Å². The monoisotopic (exact) mass is 755 g/mol. The van der Waals surface area contributed by atoms with Gasteiger partial charge in [0.25, 0.3) is 0 Å². The quantitative estimate of drug-likeness (QED) is 0.157. The Labute approximate surface area is 342 Å². The fourth-order valence-corrected chi connectivity index (χ4v) is 9.79. The van der Waals surface area contributed by atoms with Crippen LogP contribution < -0.4 is 4.90 Å². The van der Waals surface area contributed by atoms with Gasteiger partial charge in [-0.25, -0.2) is 0 Å². The van der Waals surface area contributed by atoms with Crippen molar-refractivity contribution >= 4 is 70.1 Å². The Morgan fingerprint density at radius 3 is 1.64 bits per heavy atom. The molecule has 0 unspecified atom stereocenters. The average molecular weight is 756 g/mol. The molecule has 0 N–H and O–H groups in total. The van der Waals surface area contributed by atoms with E-state index in [0.29, 0.717) is 0 Å². The summed E-state index contributed by atoms with van der Waals surface area (Å²) in [6.07, 6.45) is 0. The van der Waals surface area contributed by atoms with Gasteiger partial charge in [-0.1, -0.05) is 176 Å². The van der Waals surface area contributed by atoms with Crippen molar-refractivity contribution in [3.63, 3.8) is 0 Å². The molecular formula is C56H37NS. The molecule has 0 radical (unpaired) electrons. The molecular weight excluding hydrogens is 719 g/mol. The van der Waals surface area contributed by atoms with Crippen molar-refractivity contribution in [3.8, 4) is 44.5 Å². The van der Waals surface area contributed by atoms with Crippen LogP contribution in [0.25, 0.3) is 86.2 Å². The van der Waals surface area contributed by atoms with Gasteiger partial charge in [0.15, 0.2) is 0 Å². The van der Waals surface area contributed by atoms with E-state index >= 15 is 0 Å². The maximum absolute atomic E-state index is 2.46. The van der Waals surface area contributed by atoms with Crippen LogP contribution in [0.1, 0.15) is 0 Å². The molecule has 2 heteroatoms. The highest BCUT2D eigenvalue weighted by Crippen LogP contribution is 2.47. The minimum atomic E-state index is 1.09. The number of hydrogen-bond donors (Lipinski definition) is 0. The summed E-state index contributed by atoms with van der Waals surface area (Å²) in [5.74, 6) is 0. The number of anilines is 3. The normalized spacial score (nSPS) is 11.4. The predicted molar refractivity (Wildman–Crippen MR) is 251 cm³/mol. The second-order valence-corrected chi connectivity index (χ2v) is 15.9. The van der Waals surface area contributed by atoms with Gasteiger partial charge in [-0.15, -0.1) is 11.3 Å². The molecule has 1 heterocycles. The van der Waals surface area contributed by atoms with Crippen molar-refractivity contribution in [3.05, 3.63) is 224 Å². The summed E-state index contributed by atoms with van der Waals surface area (Å²) in [6, 6.07) is 82.1. The summed E-state index contributed by atoms with van der Waals surface area (Å²) in [5.41, 5.74) is 12.9. The molecule has 0 fully saturated rings. The van der Waals surface area contributed by atoms with Crippen LogP contribution in [0.5, 0.6) is 0 Å². The Kier molecular flexibility index (Phi) is 8.42. The van der Waals surface area contributed by atoms with Crippen LogP contribution in [0.15, 0.2) is 224 Å². The summed E-state index contributed by atoms with van der Waals surface area (Å²) < 4.78 is 2.62. The first-order valence-electron chi connectivity index (χ1n) is 19.8. The number of rotatable bonds is 7. The third-order valence-corrected chi connectivity index (χ3v) is 12.6. The maximum Gasteiger partial charge on any atom is 0.0540 e. The molecule has 272 valence electrons. The number of para-hydroxylation sites is 2. The van der Waals surface area contributed by atoms with E-state index in [9.17, 15) is 0 Å². The van der Waals surface area contributed by atoms with Gasteiger partial charge in [0, 0.05) is 37.0 Å². The van der Waals surface area contributed by atoms with E-state index in [1.54, 1.807) is 0 Å². The van der Waals surface area contributed by atoms with Gasteiger partial charge in [-0.05, 0) is 103 Å². The van der Waals surface area contributed by atoms with Gasteiger partial charge in [0.1, 0.15) is 0 Å². The van der Waals surface area contributed by atoms with Crippen molar-refractivity contribution < 1.29 is 0 Å². The summed E-state index contributed by atoms with van der Waals surface area (Å²) in [7, 11) is 0. The highest BCUT2D eigenvalue weighted by molar-refractivity contribution is 7.25. The summed E-state index contributed by atoms with van der Waals surface area (Å²) >= 11 is 1.86. The van der Waals surface area contributed by atoms with E-state index in [-0.39, 0.29) is 0 Å². The fourth-order valence-electron chi connectivity index (χ4n) is 8.70. The standard InChI is InChI=1S/C56H37NS/c1-2-16-41-36-42(29-28-38(41)14-1)47-19-5-6-21-49(47)50-22-8-11-26-54(50)57(44-33-30-40(31-34-44)46-24-13-17-39-15-3-4-18-45(39)46)53-25-10-7-20-48(53)43-32-35-56-52(37-43)51-23-9-12-27-55(51)58-56/h1-37H. The third kappa shape index (κ3) is 5.94. The molecule has 11 rings (SSSR count). The van der Waals surface area contributed by atoms with Crippen molar-refractivity contribution in [1.29, 1.82) is 0 Å². The molecule has 10 aromatic carbocycles. The van der Waals surface area contributed by atoms with E-state index in [1.165, 1.54) is 86.2 Å². The molecule has 0 spiro atoms. The molecule has 11 aromatic rings. The minimum Gasteiger partial charge on any atom is -0.309 e. The van der Waals surface area contributed by atoms with Gasteiger partial charge in [0.2, 0.25) is 0 Å². The van der Waals surface area contributed by atoms with Crippen LogP contribution in [0.4, 0.5) is 17.1 Å². The van der Waals surface area contributed by atoms with Crippen LogP contribution in [-0.2, 0) is 0 Å². The SMILES string of the molecule is c1ccc(-c2ccccc2N(c2ccc(-c3cccc4ccccc34)cc2)c2ccccc2-c2ccc3sc4ccccc4c3c2)c(-c2ccc3ccccc3c2)c1. The molecule has 0 amide bonds. The summed E-state index contributed by atoms with van der Waals surface area (Å²) in [4.78, 5) is 2.46. The highest BCUT2D eigenvalue weighted by Gasteiger charge is 2.22. The number of hydrogen-bond acceptors (Lipinski definition) is 2. The molecule has 0 saturated carbocycles. The lowest BCUT2D eigenvalue weighted by Crippen LogP contribution is -2.12. The van der Waals surface area contributed by atoms with Crippen molar-refractivity contribution in [2.24, 2.45) is 0 Å². The largest absolute Gasteiger partial charge is 0.309 e. The maximum atomic E-state index is 2.46. The van der Waals surface area contributed by atoms with Crippen LogP contribution in [-0.4, -0.2) is 0 Å². The topological polar surface area (TPSA) is 3.24 Å². The van der Waals surface area contributed by atoms with Gasteiger partial charge in [-0.3, -0.25) is 0 Å². The fraction of sp³-hybridized carbons (Fsp3) is 0. The summed E-state index contributed by atoms with van der Waals surface area (Å²) in [5, 5.41) is 7.58. The first-order chi connectivity index (χ1) is 28.8. The zero-order valence-electron chi connectivity index (χ0n) is 31.7. The molecule has 0 aliphatic carbocycles. The predicted octanol–water partition coefficient (Wildman–Crippen LogP) is 16.5. The van der Waals surface area contributed by atoms with Crippen molar-refractivity contribution in [1.82, 2.24) is 0 Å². The van der Waals surface area contributed by atoms with E-state index in [4.69, 9.17) is 0 Å². The Balaban J connectivity index is 1.12. The highest BCUT2D eigenvalue weighted by atomic mass is 32.1. The molecule has 0 aliphatic rings. The molecule has 0 aliphatic heterocycles. The Hall–Kier alpha value is -7.26. The molecule has 1 aromatic heterocycles. The third-order valence-electron chi connectivity index (χ3n) is 11.5. The molecule has 1 nitrogen and oxygen atoms in total. The zero-order chi connectivity index (χ0) is 38.4. The second kappa shape index (κ2) is 14.4. The van der Waals surface area contributed by atoms with Gasteiger partial charge < -0.3 is 4.90 Å². The lowest BCUT2D eigenvalue weighted by molar-refractivity contribution is 1.28. The van der Waals surface area contributed by atoms with Crippen LogP contribution in [0.2, 0.25) is 0 Å². The first-order valence-corrected chi connectivity index (χ1v) is 20.7. The number of thiophene rings is 1. The first kappa shape index (κ1) is 34.0. The van der Waals surface area contributed by atoms with E-state index < -0.39 is 0 Å². The van der Waals surface area contributed by atoms with Gasteiger partial charge >= 0.3 is 0 Å². The number of fused-ring (bicyclic) bond motifs is 5. The van der Waals surface area contributed by atoms with Crippen LogP contribution in [0, 0.1) is 0 Å². The van der Waals surface area contributed by atoms with E-state index in [0.717, 1.165) is 17.1 Å². The zero-order valence-corrected chi connectivity index (χ0v) is 32.5. The summed E-state index contributed by atoms with van der Waals surface area (Å²) in [6.45, 7) is 0. The number of benzene rings is 10. The number of nitrogens with zero attached hydrogens (tertiary/aromatic N) is 1. The Morgan fingerprint density at radius 2 is 0.810 bits per heavy atom. The Morgan fingerprint density at radius 1 is 0.276 bits per heavy atom. The van der Waals surface area contributed by atoms with Crippen LogP contribution >= 0.6 is 11.3 Å². The van der Waals surface area contributed by atoms with Crippen molar-refractivity contribution in [2.75, 3.05) is 4.90 Å². The van der Waals surface area contributed by atoms with Crippen molar-refractivity contribution in [2.45, 2.75) is 0 Å². The minimum absolute atomic E-state index is 1.09. The van der Waals surface area contributed by atoms with E-state index in [1.807, 2.05) is 11.3 Å². The molecule has 0 atom stereocenters. The van der Waals surface area contributed by atoms with Crippen LogP contribution in [0.3, 0.4) is 0 Å². The second-order valence-electron chi connectivity index (χ2n) is 14.9. The molecule has 0 bridgehead atoms.